The van der Waals surface area contributed by atoms with E-state index < -0.39 is 5.97 Å². The van der Waals surface area contributed by atoms with Crippen molar-refractivity contribution in [1.29, 1.82) is 0 Å². The maximum Gasteiger partial charge on any atom is 0.323 e. The van der Waals surface area contributed by atoms with Gasteiger partial charge in [0.1, 0.15) is 6.54 Å². The normalized spacial score (nSPS) is 17.0. The maximum atomic E-state index is 12.7. The summed E-state index contributed by atoms with van der Waals surface area (Å²) in [6.45, 7) is 1.88. The molecule has 4 rings (SSSR count). The molecule has 2 heterocycles. The molecule has 0 radical (unpaired) electrons. The number of aromatic nitrogens is 1. The monoisotopic (exact) mass is 405 g/mol. The van der Waals surface area contributed by atoms with Crippen molar-refractivity contribution in [3.05, 3.63) is 70.8 Å². The summed E-state index contributed by atoms with van der Waals surface area (Å²) in [4.78, 5) is 30.6. The fourth-order valence-electron chi connectivity index (χ4n) is 3.19. The van der Waals surface area contributed by atoms with Crippen LogP contribution >= 0.6 is 11.8 Å². The molecule has 0 unspecified atom stereocenters. The van der Waals surface area contributed by atoms with Crippen LogP contribution in [0.4, 0.5) is 5.69 Å². The molecule has 1 amide bonds. The number of carbonyl (C=O) groups is 2. The summed E-state index contributed by atoms with van der Waals surface area (Å²) in [5.41, 5.74) is 3.56. The second kappa shape index (κ2) is 7.60. The van der Waals surface area contributed by atoms with E-state index in [4.69, 9.17) is 0 Å². The molecule has 6 nitrogen and oxygen atoms in total. The van der Waals surface area contributed by atoms with Crippen LogP contribution in [0, 0.1) is 6.92 Å². The van der Waals surface area contributed by atoms with Gasteiger partial charge >= 0.3 is 5.97 Å². The number of fused-ring (bicyclic) bond motifs is 1. The van der Waals surface area contributed by atoms with E-state index in [0.29, 0.717) is 10.1 Å². The molecule has 1 fully saturated rings. The van der Waals surface area contributed by atoms with Crippen molar-refractivity contribution in [2.45, 2.75) is 13.5 Å². The van der Waals surface area contributed by atoms with E-state index in [1.807, 2.05) is 61.5 Å². The number of rotatable bonds is 4. The molecule has 0 atom stereocenters. The first kappa shape index (κ1) is 19.0. The Morgan fingerprint density at radius 2 is 1.90 bits per heavy atom. The third-order valence-corrected chi connectivity index (χ3v) is 5.73. The molecule has 1 N–H and O–H groups in total. The lowest BCUT2D eigenvalue weighted by atomic mass is 10.1. The molecule has 29 heavy (non-hydrogen) atoms. The quantitative estimate of drug-likeness (QED) is 0.658. The van der Waals surface area contributed by atoms with Crippen molar-refractivity contribution in [3.63, 3.8) is 0 Å². The Morgan fingerprint density at radius 3 is 2.62 bits per heavy atom. The van der Waals surface area contributed by atoms with Crippen molar-refractivity contribution >= 4 is 51.5 Å². The Bertz CT molecular complexity index is 1180. The van der Waals surface area contributed by atoms with Crippen molar-refractivity contribution in [2.24, 2.45) is 4.99 Å². The zero-order valence-electron chi connectivity index (χ0n) is 16.0. The number of hydrogen-bond acceptors (Lipinski definition) is 4. The van der Waals surface area contributed by atoms with E-state index >= 15 is 0 Å². The van der Waals surface area contributed by atoms with Crippen molar-refractivity contribution in [1.82, 2.24) is 9.47 Å². The first-order valence-electron chi connectivity index (χ1n) is 9.05. The van der Waals surface area contributed by atoms with E-state index in [-0.39, 0.29) is 12.5 Å². The molecule has 146 valence electrons. The second-order valence-electron chi connectivity index (χ2n) is 6.83. The van der Waals surface area contributed by atoms with Gasteiger partial charge in [-0.15, -0.1) is 0 Å². The summed E-state index contributed by atoms with van der Waals surface area (Å²) in [7, 11) is 1.71. The van der Waals surface area contributed by atoms with Crippen LogP contribution in [0.2, 0.25) is 0 Å². The Morgan fingerprint density at radius 1 is 1.17 bits per heavy atom. The van der Waals surface area contributed by atoms with Crippen LogP contribution in [0.3, 0.4) is 0 Å². The topological polar surface area (TPSA) is 74.9 Å². The second-order valence-corrected chi connectivity index (χ2v) is 7.84. The van der Waals surface area contributed by atoms with Gasteiger partial charge in [0.25, 0.3) is 5.91 Å². The highest BCUT2D eigenvalue weighted by Gasteiger charge is 2.30. The van der Waals surface area contributed by atoms with Crippen LogP contribution in [-0.4, -0.2) is 38.7 Å². The Kier molecular flexibility index (Phi) is 4.98. The number of aliphatic carboxylic acids is 1. The standard InChI is InChI=1S/C22H19N3O3S/c1-14-7-9-16(10-8-14)23-22-24(2)21(28)19(29-22)11-15-12-25(13-20(26)27)18-6-4-3-5-17(15)18/h3-12H,13H2,1-2H3,(H,26,27)/b19-11-,23-22?. The molecule has 0 spiro atoms. The highest BCUT2D eigenvalue weighted by atomic mass is 32.2. The minimum absolute atomic E-state index is 0.129. The van der Waals surface area contributed by atoms with Crippen molar-refractivity contribution in [3.8, 4) is 0 Å². The van der Waals surface area contributed by atoms with E-state index in [0.717, 1.165) is 27.7 Å². The predicted molar refractivity (Wildman–Crippen MR) is 116 cm³/mol. The summed E-state index contributed by atoms with van der Waals surface area (Å²) in [5, 5.41) is 10.7. The van der Waals surface area contributed by atoms with E-state index in [2.05, 4.69) is 4.99 Å². The van der Waals surface area contributed by atoms with Gasteiger partial charge in [-0.05, 0) is 43.0 Å². The minimum atomic E-state index is -0.913. The summed E-state index contributed by atoms with van der Waals surface area (Å²) < 4.78 is 1.68. The number of carboxylic acid groups (broad SMARTS) is 1. The molecule has 7 heteroatoms. The predicted octanol–water partition coefficient (Wildman–Crippen LogP) is 4.27. The summed E-state index contributed by atoms with van der Waals surface area (Å²) in [6.07, 6.45) is 3.58. The van der Waals surface area contributed by atoms with Gasteiger partial charge in [-0.3, -0.25) is 14.5 Å². The lowest BCUT2D eigenvalue weighted by Gasteiger charge is -2.07. The maximum absolute atomic E-state index is 12.7. The average Bonchev–Trinajstić information content (AvgIpc) is 3.16. The number of amides is 1. The zero-order chi connectivity index (χ0) is 20.5. The lowest BCUT2D eigenvalue weighted by Crippen LogP contribution is -2.23. The average molecular weight is 405 g/mol. The van der Waals surface area contributed by atoms with Gasteiger partial charge in [0, 0.05) is 29.7 Å². The van der Waals surface area contributed by atoms with Gasteiger partial charge < -0.3 is 9.67 Å². The van der Waals surface area contributed by atoms with Crippen LogP contribution < -0.4 is 0 Å². The molecular formula is C22H19N3O3S. The number of para-hydroxylation sites is 1. The number of aliphatic imine (C=N–C) groups is 1. The summed E-state index contributed by atoms with van der Waals surface area (Å²) in [6, 6.07) is 15.4. The number of likely N-dealkylation sites (N-methyl/N-ethyl adjacent to an activating group) is 1. The number of hydrogen-bond donors (Lipinski definition) is 1. The van der Waals surface area contributed by atoms with E-state index in [1.54, 1.807) is 17.8 Å². The Hall–Kier alpha value is -3.32. The highest BCUT2D eigenvalue weighted by molar-refractivity contribution is 8.18. The van der Waals surface area contributed by atoms with Gasteiger partial charge in [-0.2, -0.15) is 0 Å². The van der Waals surface area contributed by atoms with Gasteiger partial charge in [0.15, 0.2) is 5.17 Å². The summed E-state index contributed by atoms with van der Waals surface area (Å²) >= 11 is 1.31. The van der Waals surface area contributed by atoms with Crippen molar-refractivity contribution < 1.29 is 14.7 Å². The first-order valence-corrected chi connectivity index (χ1v) is 9.86. The van der Waals surface area contributed by atoms with E-state index in [1.165, 1.54) is 16.7 Å². The Labute approximate surface area is 172 Å². The van der Waals surface area contributed by atoms with Crippen LogP contribution in [0.25, 0.3) is 17.0 Å². The number of nitrogens with zero attached hydrogens (tertiary/aromatic N) is 3. The lowest BCUT2D eigenvalue weighted by molar-refractivity contribution is -0.137. The SMILES string of the molecule is Cc1ccc(N=C2S/C(=C\c3cn(CC(=O)O)c4ccccc34)C(=O)N2C)cc1. The highest BCUT2D eigenvalue weighted by Crippen LogP contribution is 2.34. The van der Waals surface area contributed by atoms with E-state index in [9.17, 15) is 14.7 Å². The third-order valence-electron chi connectivity index (χ3n) is 4.67. The van der Waals surface area contributed by atoms with Gasteiger partial charge in [-0.1, -0.05) is 35.9 Å². The summed E-state index contributed by atoms with van der Waals surface area (Å²) in [5.74, 6) is -1.04. The molecule has 1 aliphatic heterocycles. The van der Waals surface area contributed by atoms with Crippen LogP contribution in [-0.2, 0) is 16.1 Å². The smallest absolute Gasteiger partial charge is 0.323 e. The molecule has 0 bridgehead atoms. The molecular weight excluding hydrogens is 386 g/mol. The number of aryl methyl sites for hydroxylation is 1. The van der Waals surface area contributed by atoms with Gasteiger partial charge in [0.2, 0.25) is 0 Å². The molecule has 1 aromatic heterocycles. The first-order chi connectivity index (χ1) is 13.9. The molecule has 2 aromatic carbocycles. The number of thioether (sulfide) groups is 1. The molecule has 0 saturated carbocycles. The minimum Gasteiger partial charge on any atom is -0.480 e. The zero-order valence-corrected chi connectivity index (χ0v) is 16.8. The molecule has 0 aliphatic carbocycles. The fraction of sp³-hybridized carbons (Fsp3) is 0.136. The molecule has 1 saturated heterocycles. The molecule has 3 aromatic rings. The Balaban J connectivity index is 1.71. The molecule has 1 aliphatic rings. The largest absolute Gasteiger partial charge is 0.480 e. The van der Waals surface area contributed by atoms with Gasteiger partial charge in [0.05, 0.1) is 10.6 Å². The number of benzene rings is 2. The fourth-order valence-corrected chi connectivity index (χ4v) is 4.17. The van der Waals surface area contributed by atoms with Crippen LogP contribution in [0.1, 0.15) is 11.1 Å². The number of carbonyl (C=O) groups excluding carboxylic acids is 1. The van der Waals surface area contributed by atoms with Crippen LogP contribution in [0.15, 0.2) is 64.6 Å². The number of carboxylic acids is 1. The third kappa shape index (κ3) is 3.82. The van der Waals surface area contributed by atoms with Gasteiger partial charge in [-0.25, -0.2) is 4.99 Å². The van der Waals surface area contributed by atoms with Crippen molar-refractivity contribution in [2.75, 3.05) is 7.05 Å². The van der Waals surface area contributed by atoms with Crippen LogP contribution in [0.5, 0.6) is 0 Å². The number of amidine groups is 1.